The largest absolute Gasteiger partial charge is 0.451 e. The van der Waals surface area contributed by atoms with Gasteiger partial charge in [0.2, 0.25) is 5.82 Å². The molecule has 0 fully saturated rings. The van der Waals surface area contributed by atoms with Gasteiger partial charge in [0, 0.05) is 11.9 Å². The quantitative estimate of drug-likeness (QED) is 0.680. The lowest BCUT2D eigenvalue weighted by Gasteiger charge is -2.07. The number of aromatic nitrogens is 2. The van der Waals surface area contributed by atoms with E-state index in [0.29, 0.717) is 5.69 Å². The van der Waals surface area contributed by atoms with E-state index in [9.17, 15) is 13.2 Å². The molecule has 0 amide bonds. The highest BCUT2D eigenvalue weighted by Crippen LogP contribution is 2.26. The van der Waals surface area contributed by atoms with Crippen LogP contribution in [0.15, 0.2) is 12.3 Å². The van der Waals surface area contributed by atoms with Gasteiger partial charge < -0.3 is 0 Å². The van der Waals surface area contributed by atoms with Gasteiger partial charge in [-0.25, -0.2) is 9.97 Å². The maximum atomic E-state index is 12.1. The van der Waals surface area contributed by atoms with Crippen molar-refractivity contribution in [2.75, 3.05) is 0 Å². The number of rotatable bonds is 1. The van der Waals surface area contributed by atoms with Crippen LogP contribution in [0.1, 0.15) is 31.3 Å². The molecule has 2 nitrogen and oxygen atoms in total. The number of hydrogen-bond donors (Lipinski definition) is 0. The maximum absolute atomic E-state index is 12.1. The van der Waals surface area contributed by atoms with E-state index in [0.717, 1.165) is 6.20 Å². The molecule has 5 heteroatoms. The molecule has 0 aliphatic carbocycles. The van der Waals surface area contributed by atoms with Crippen molar-refractivity contribution < 1.29 is 13.2 Å². The van der Waals surface area contributed by atoms with E-state index >= 15 is 0 Å². The summed E-state index contributed by atoms with van der Waals surface area (Å²) in [4.78, 5) is 6.56. The summed E-state index contributed by atoms with van der Waals surface area (Å²) < 4.78 is 36.3. The van der Waals surface area contributed by atoms with Gasteiger partial charge in [-0.15, -0.1) is 0 Å². The van der Waals surface area contributed by atoms with Crippen LogP contribution in [0.5, 0.6) is 0 Å². The predicted molar refractivity (Wildman–Crippen MR) is 41.1 cm³/mol. The average Bonchev–Trinajstić information content (AvgIpc) is 2.03. The van der Waals surface area contributed by atoms with Crippen molar-refractivity contribution in [2.45, 2.75) is 25.9 Å². The second kappa shape index (κ2) is 3.32. The van der Waals surface area contributed by atoms with Gasteiger partial charge >= 0.3 is 6.18 Å². The molecule has 1 rings (SSSR count). The van der Waals surface area contributed by atoms with E-state index < -0.39 is 12.0 Å². The normalized spacial score (nSPS) is 12.2. The molecule has 13 heavy (non-hydrogen) atoms. The molecule has 0 aliphatic rings. The van der Waals surface area contributed by atoms with Gasteiger partial charge in [0.25, 0.3) is 0 Å². The molecule has 0 aliphatic heterocycles. The highest BCUT2D eigenvalue weighted by atomic mass is 19.4. The van der Waals surface area contributed by atoms with Crippen molar-refractivity contribution in [3.8, 4) is 0 Å². The fourth-order valence-electron chi connectivity index (χ4n) is 0.831. The van der Waals surface area contributed by atoms with Crippen molar-refractivity contribution >= 4 is 0 Å². The molecule has 0 radical (unpaired) electrons. The fourth-order valence-corrected chi connectivity index (χ4v) is 0.831. The molecule has 0 saturated carbocycles. The highest BCUT2D eigenvalue weighted by molar-refractivity contribution is 5.07. The van der Waals surface area contributed by atoms with Crippen LogP contribution >= 0.6 is 0 Å². The zero-order chi connectivity index (χ0) is 10.1. The van der Waals surface area contributed by atoms with Gasteiger partial charge in [-0.1, -0.05) is 13.8 Å². The summed E-state index contributed by atoms with van der Waals surface area (Å²) in [5.41, 5.74) is 0.405. The Morgan fingerprint density at radius 2 is 1.92 bits per heavy atom. The van der Waals surface area contributed by atoms with Gasteiger partial charge in [-0.3, -0.25) is 0 Å². The Morgan fingerprint density at radius 3 is 2.38 bits per heavy atom. The van der Waals surface area contributed by atoms with Crippen molar-refractivity contribution in [3.63, 3.8) is 0 Å². The summed E-state index contributed by atoms with van der Waals surface area (Å²) in [6.45, 7) is 3.56. The predicted octanol–water partition coefficient (Wildman–Crippen LogP) is 2.62. The fraction of sp³-hybridized carbons (Fsp3) is 0.500. The molecule has 0 bridgehead atoms. The van der Waals surface area contributed by atoms with Crippen LogP contribution in [0.3, 0.4) is 0 Å². The lowest BCUT2D eigenvalue weighted by Crippen LogP contribution is -2.12. The van der Waals surface area contributed by atoms with E-state index in [1.54, 1.807) is 13.8 Å². The van der Waals surface area contributed by atoms with Crippen LogP contribution < -0.4 is 0 Å². The van der Waals surface area contributed by atoms with Gasteiger partial charge in [-0.2, -0.15) is 13.2 Å². The molecular weight excluding hydrogens is 181 g/mol. The van der Waals surface area contributed by atoms with Crippen LogP contribution in [-0.2, 0) is 6.18 Å². The van der Waals surface area contributed by atoms with E-state index in [4.69, 9.17) is 0 Å². The van der Waals surface area contributed by atoms with E-state index in [-0.39, 0.29) is 5.92 Å². The average molecular weight is 190 g/mol. The molecular formula is C8H9F3N2. The third-order valence-electron chi connectivity index (χ3n) is 1.52. The molecule has 0 spiro atoms. The smallest absolute Gasteiger partial charge is 0.233 e. The first-order valence-electron chi connectivity index (χ1n) is 3.81. The first-order chi connectivity index (χ1) is 5.91. The van der Waals surface area contributed by atoms with Crippen LogP contribution in [0.4, 0.5) is 13.2 Å². The summed E-state index contributed by atoms with van der Waals surface area (Å²) in [5, 5.41) is 0. The number of nitrogens with zero attached hydrogens (tertiary/aromatic N) is 2. The Labute approximate surface area is 73.8 Å². The second-order valence-corrected chi connectivity index (χ2v) is 2.96. The minimum Gasteiger partial charge on any atom is -0.233 e. The van der Waals surface area contributed by atoms with E-state index in [1.165, 1.54) is 6.07 Å². The van der Waals surface area contributed by atoms with Crippen molar-refractivity contribution in [3.05, 3.63) is 23.8 Å². The van der Waals surface area contributed by atoms with Crippen LogP contribution in [0, 0.1) is 0 Å². The van der Waals surface area contributed by atoms with E-state index in [2.05, 4.69) is 9.97 Å². The first-order valence-corrected chi connectivity index (χ1v) is 3.81. The Morgan fingerprint density at radius 1 is 1.31 bits per heavy atom. The topological polar surface area (TPSA) is 25.8 Å². The monoisotopic (exact) mass is 190 g/mol. The van der Waals surface area contributed by atoms with Crippen molar-refractivity contribution in [1.82, 2.24) is 9.97 Å². The molecule has 1 aromatic rings. The minimum atomic E-state index is -4.45. The van der Waals surface area contributed by atoms with Crippen LogP contribution in [0.25, 0.3) is 0 Å². The Bertz CT molecular complexity index is 294. The Balaban J connectivity index is 3.06. The number of alkyl halides is 3. The zero-order valence-electron chi connectivity index (χ0n) is 7.26. The summed E-state index contributed by atoms with van der Waals surface area (Å²) in [6.07, 6.45) is -3.32. The molecule has 0 saturated heterocycles. The molecule has 0 atom stereocenters. The first kappa shape index (κ1) is 9.95. The lowest BCUT2D eigenvalue weighted by molar-refractivity contribution is -0.145. The second-order valence-electron chi connectivity index (χ2n) is 2.96. The van der Waals surface area contributed by atoms with Crippen LogP contribution in [0.2, 0.25) is 0 Å². The van der Waals surface area contributed by atoms with Crippen LogP contribution in [-0.4, -0.2) is 9.97 Å². The molecule has 1 aromatic heterocycles. The van der Waals surface area contributed by atoms with Crippen molar-refractivity contribution in [1.29, 1.82) is 0 Å². The van der Waals surface area contributed by atoms with Gasteiger partial charge in [-0.05, 0) is 12.0 Å². The maximum Gasteiger partial charge on any atom is 0.451 e. The SMILES string of the molecule is CC(C)c1ccnc(C(F)(F)F)n1. The molecule has 0 unspecified atom stereocenters. The summed E-state index contributed by atoms with van der Waals surface area (Å²) >= 11 is 0. The minimum absolute atomic E-state index is 0.0240. The van der Waals surface area contributed by atoms with Gasteiger partial charge in [0.15, 0.2) is 0 Å². The van der Waals surface area contributed by atoms with E-state index in [1.807, 2.05) is 0 Å². The lowest BCUT2D eigenvalue weighted by atomic mass is 10.1. The molecule has 0 aromatic carbocycles. The summed E-state index contributed by atoms with van der Waals surface area (Å²) in [5.74, 6) is -1.09. The molecule has 72 valence electrons. The highest BCUT2D eigenvalue weighted by Gasteiger charge is 2.34. The molecule has 1 heterocycles. The zero-order valence-corrected chi connectivity index (χ0v) is 7.26. The third kappa shape index (κ3) is 2.40. The summed E-state index contributed by atoms with van der Waals surface area (Å²) in [7, 11) is 0. The Kier molecular flexibility index (Phi) is 2.54. The number of halogens is 3. The van der Waals surface area contributed by atoms with Gasteiger partial charge in [0.05, 0.1) is 0 Å². The summed E-state index contributed by atoms with van der Waals surface area (Å²) in [6, 6.07) is 1.49. The Hall–Kier alpha value is -1.13. The number of hydrogen-bond acceptors (Lipinski definition) is 2. The standard InChI is InChI=1S/C8H9F3N2/c1-5(2)6-3-4-12-7(13-6)8(9,10)11/h3-5H,1-2H3. The molecule has 0 N–H and O–H groups in total. The van der Waals surface area contributed by atoms with Crippen molar-refractivity contribution in [2.24, 2.45) is 0 Å². The third-order valence-corrected chi connectivity index (χ3v) is 1.52. The van der Waals surface area contributed by atoms with Gasteiger partial charge in [0.1, 0.15) is 0 Å².